The molecule has 0 aliphatic carbocycles. The second-order valence-electron chi connectivity index (χ2n) is 7.70. The lowest BCUT2D eigenvalue weighted by molar-refractivity contribution is 0.102. The second-order valence-corrected chi connectivity index (χ2v) is 7.70. The SMILES string of the molecule is CCCn1nc(C(=O)Nc2ccc3nc(-c4cccc(F)c4)[nH]c3c2)c2ccccc2c1=O. The van der Waals surface area contributed by atoms with Gasteiger partial charge in [0, 0.05) is 23.2 Å². The van der Waals surface area contributed by atoms with E-state index in [9.17, 15) is 14.0 Å². The maximum atomic E-state index is 13.6. The monoisotopic (exact) mass is 441 g/mol. The van der Waals surface area contributed by atoms with Gasteiger partial charge in [0.1, 0.15) is 11.6 Å². The van der Waals surface area contributed by atoms with Gasteiger partial charge in [0.25, 0.3) is 11.5 Å². The third kappa shape index (κ3) is 3.87. The van der Waals surface area contributed by atoms with Gasteiger partial charge < -0.3 is 10.3 Å². The lowest BCUT2D eigenvalue weighted by Crippen LogP contribution is -2.27. The summed E-state index contributed by atoms with van der Waals surface area (Å²) in [5.74, 6) is -0.224. The molecule has 0 saturated carbocycles. The van der Waals surface area contributed by atoms with Crippen LogP contribution in [0.5, 0.6) is 0 Å². The Balaban J connectivity index is 1.50. The van der Waals surface area contributed by atoms with Gasteiger partial charge in [0.2, 0.25) is 0 Å². The Morgan fingerprint density at radius 3 is 2.67 bits per heavy atom. The molecule has 8 heteroatoms. The first-order valence-corrected chi connectivity index (χ1v) is 10.6. The van der Waals surface area contributed by atoms with E-state index in [1.807, 2.05) is 6.92 Å². The molecule has 5 aromatic rings. The lowest BCUT2D eigenvalue weighted by atomic mass is 10.1. The van der Waals surface area contributed by atoms with E-state index in [1.54, 1.807) is 54.6 Å². The molecule has 5 rings (SSSR count). The molecule has 0 bridgehead atoms. The maximum absolute atomic E-state index is 13.6. The van der Waals surface area contributed by atoms with Gasteiger partial charge in [-0.15, -0.1) is 0 Å². The van der Waals surface area contributed by atoms with Gasteiger partial charge >= 0.3 is 0 Å². The number of nitrogens with zero attached hydrogens (tertiary/aromatic N) is 3. The van der Waals surface area contributed by atoms with Crippen molar-refractivity contribution in [3.05, 3.63) is 88.6 Å². The molecule has 164 valence electrons. The van der Waals surface area contributed by atoms with Crippen LogP contribution in [0.15, 0.2) is 71.5 Å². The number of hydrogen-bond donors (Lipinski definition) is 2. The molecule has 0 unspecified atom stereocenters. The van der Waals surface area contributed by atoms with E-state index in [4.69, 9.17) is 0 Å². The first-order valence-electron chi connectivity index (χ1n) is 10.6. The van der Waals surface area contributed by atoms with E-state index in [2.05, 4.69) is 20.4 Å². The first-order chi connectivity index (χ1) is 16.0. The predicted molar refractivity (Wildman–Crippen MR) is 126 cm³/mol. The fourth-order valence-corrected chi connectivity index (χ4v) is 3.82. The van der Waals surface area contributed by atoms with Gasteiger partial charge in [-0.05, 0) is 42.8 Å². The molecule has 7 nitrogen and oxygen atoms in total. The number of carbonyl (C=O) groups excluding carboxylic acids is 1. The van der Waals surface area contributed by atoms with E-state index >= 15 is 0 Å². The molecule has 2 aromatic heterocycles. The average Bonchev–Trinajstić information content (AvgIpc) is 3.24. The standard InChI is InChI=1S/C25H20FN5O2/c1-2-12-31-25(33)19-9-4-3-8-18(19)22(30-31)24(32)27-17-10-11-20-21(14-17)29-23(28-20)15-6-5-7-16(26)13-15/h3-11,13-14H,2,12H2,1H3,(H,27,32)(H,28,29). The van der Waals surface area contributed by atoms with Crippen molar-refractivity contribution >= 4 is 33.4 Å². The number of benzene rings is 3. The van der Waals surface area contributed by atoms with Gasteiger partial charge in [-0.3, -0.25) is 9.59 Å². The van der Waals surface area contributed by atoms with Gasteiger partial charge in [-0.25, -0.2) is 14.1 Å². The number of aryl methyl sites for hydroxylation is 1. The van der Waals surface area contributed by atoms with Crippen LogP contribution in [0.2, 0.25) is 0 Å². The summed E-state index contributed by atoms with van der Waals surface area (Å²) < 4.78 is 14.9. The van der Waals surface area contributed by atoms with Crippen molar-refractivity contribution in [2.45, 2.75) is 19.9 Å². The molecule has 0 saturated heterocycles. The highest BCUT2D eigenvalue weighted by Crippen LogP contribution is 2.24. The molecule has 3 aromatic carbocycles. The third-order valence-corrected chi connectivity index (χ3v) is 5.36. The van der Waals surface area contributed by atoms with Crippen molar-refractivity contribution in [2.75, 3.05) is 5.32 Å². The number of aromatic amines is 1. The molecule has 0 radical (unpaired) electrons. The molecule has 0 spiro atoms. The van der Waals surface area contributed by atoms with Gasteiger partial charge in [-0.1, -0.05) is 37.3 Å². The zero-order valence-electron chi connectivity index (χ0n) is 17.8. The summed E-state index contributed by atoms with van der Waals surface area (Å²) in [6.45, 7) is 2.37. The number of halogens is 1. The molecule has 2 N–H and O–H groups in total. The summed E-state index contributed by atoms with van der Waals surface area (Å²) in [6.07, 6.45) is 0.719. The summed E-state index contributed by atoms with van der Waals surface area (Å²) in [5.41, 5.74) is 2.52. The van der Waals surface area contributed by atoms with Crippen LogP contribution in [0.1, 0.15) is 23.8 Å². The Morgan fingerprint density at radius 1 is 1.06 bits per heavy atom. The average molecular weight is 441 g/mol. The molecule has 0 fully saturated rings. The Morgan fingerprint density at radius 2 is 1.88 bits per heavy atom. The summed E-state index contributed by atoms with van der Waals surface area (Å²) in [5, 5.41) is 8.16. The largest absolute Gasteiger partial charge is 0.338 e. The lowest BCUT2D eigenvalue weighted by Gasteiger charge is -2.11. The number of rotatable bonds is 5. The van der Waals surface area contributed by atoms with Crippen molar-refractivity contribution in [2.24, 2.45) is 0 Å². The van der Waals surface area contributed by atoms with Gasteiger partial charge in [0.15, 0.2) is 5.69 Å². The number of imidazole rings is 1. The van der Waals surface area contributed by atoms with Crippen LogP contribution in [-0.2, 0) is 6.54 Å². The summed E-state index contributed by atoms with van der Waals surface area (Å²) in [6, 6.07) is 18.4. The number of carbonyl (C=O) groups is 1. The number of amides is 1. The number of nitrogens with one attached hydrogen (secondary N) is 2. The second kappa shape index (κ2) is 8.31. The summed E-state index contributed by atoms with van der Waals surface area (Å²) >= 11 is 0. The molecule has 33 heavy (non-hydrogen) atoms. The highest BCUT2D eigenvalue weighted by molar-refractivity contribution is 6.11. The number of aromatic nitrogens is 4. The fourth-order valence-electron chi connectivity index (χ4n) is 3.82. The molecular formula is C25H20FN5O2. The molecule has 0 aliphatic heterocycles. The van der Waals surface area contributed by atoms with Crippen LogP contribution in [0.25, 0.3) is 33.2 Å². The molecular weight excluding hydrogens is 421 g/mol. The van der Waals surface area contributed by atoms with Crippen LogP contribution in [0.3, 0.4) is 0 Å². The van der Waals surface area contributed by atoms with Crippen LogP contribution in [0, 0.1) is 5.82 Å². The Bertz CT molecular complexity index is 1570. The van der Waals surface area contributed by atoms with E-state index in [1.165, 1.54) is 16.8 Å². The summed E-state index contributed by atoms with van der Waals surface area (Å²) in [4.78, 5) is 33.5. The van der Waals surface area contributed by atoms with E-state index in [0.29, 0.717) is 45.4 Å². The van der Waals surface area contributed by atoms with Crippen molar-refractivity contribution in [3.63, 3.8) is 0 Å². The number of hydrogen-bond acceptors (Lipinski definition) is 4. The van der Waals surface area contributed by atoms with Crippen molar-refractivity contribution < 1.29 is 9.18 Å². The zero-order valence-corrected chi connectivity index (χ0v) is 17.8. The van der Waals surface area contributed by atoms with Gasteiger partial charge in [-0.2, -0.15) is 5.10 Å². The molecule has 1 amide bonds. The van der Waals surface area contributed by atoms with Crippen molar-refractivity contribution in [1.29, 1.82) is 0 Å². The quantitative estimate of drug-likeness (QED) is 0.412. The molecule has 0 atom stereocenters. The van der Waals surface area contributed by atoms with Crippen LogP contribution in [-0.4, -0.2) is 25.7 Å². The summed E-state index contributed by atoms with van der Waals surface area (Å²) in [7, 11) is 0. The minimum Gasteiger partial charge on any atom is -0.338 e. The van der Waals surface area contributed by atoms with Crippen LogP contribution >= 0.6 is 0 Å². The Hall–Kier alpha value is -4.33. The zero-order chi connectivity index (χ0) is 22.9. The van der Waals surface area contributed by atoms with E-state index < -0.39 is 5.91 Å². The maximum Gasteiger partial charge on any atom is 0.276 e. The number of H-pyrrole nitrogens is 1. The van der Waals surface area contributed by atoms with E-state index in [-0.39, 0.29) is 17.1 Å². The van der Waals surface area contributed by atoms with Crippen LogP contribution in [0.4, 0.5) is 10.1 Å². The molecule has 0 aliphatic rings. The van der Waals surface area contributed by atoms with Gasteiger partial charge in [0.05, 0.1) is 16.4 Å². The highest BCUT2D eigenvalue weighted by atomic mass is 19.1. The first kappa shape index (κ1) is 20.6. The number of anilines is 1. The Labute approximate surface area is 187 Å². The molecule has 2 heterocycles. The van der Waals surface area contributed by atoms with Crippen molar-refractivity contribution in [3.8, 4) is 11.4 Å². The fraction of sp³-hybridized carbons (Fsp3) is 0.120. The van der Waals surface area contributed by atoms with Crippen LogP contribution < -0.4 is 10.9 Å². The normalized spacial score (nSPS) is 11.2. The smallest absolute Gasteiger partial charge is 0.276 e. The third-order valence-electron chi connectivity index (χ3n) is 5.36. The number of fused-ring (bicyclic) bond motifs is 2. The van der Waals surface area contributed by atoms with Crippen molar-refractivity contribution in [1.82, 2.24) is 19.7 Å². The highest BCUT2D eigenvalue weighted by Gasteiger charge is 2.17. The Kier molecular flexibility index (Phi) is 5.18. The predicted octanol–water partition coefficient (Wildman–Crippen LogP) is 4.74. The minimum absolute atomic E-state index is 0.184. The van der Waals surface area contributed by atoms with E-state index in [0.717, 1.165) is 6.42 Å². The minimum atomic E-state index is -0.416. The topological polar surface area (TPSA) is 92.7 Å².